The minimum Gasteiger partial charge on any atom is -0.351 e. The van der Waals surface area contributed by atoms with Crippen molar-refractivity contribution in [3.63, 3.8) is 0 Å². The van der Waals surface area contributed by atoms with Crippen LogP contribution in [0, 0.1) is 5.92 Å². The zero-order valence-electron chi connectivity index (χ0n) is 15.0. The Labute approximate surface area is 151 Å². The number of rotatable bonds is 6. The molecule has 1 saturated heterocycles. The van der Waals surface area contributed by atoms with Crippen molar-refractivity contribution in [2.75, 3.05) is 13.1 Å². The van der Waals surface area contributed by atoms with E-state index in [2.05, 4.69) is 40.5 Å². The van der Waals surface area contributed by atoms with Crippen LogP contribution in [-0.4, -0.2) is 29.9 Å². The molecule has 0 aromatic heterocycles. The summed E-state index contributed by atoms with van der Waals surface area (Å²) in [6, 6.07) is 20.8. The van der Waals surface area contributed by atoms with E-state index in [0.29, 0.717) is 6.54 Å². The number of carbonyl (C=O) groups is 1. The lowest BCUT2D eigenvalue weighted by Crippen LogP contribution is -2.48. The number of amides is 1. The molecule has 1 aliphatic rings. The summed E-state index contributed by atoms with van der Waals surface area (Å²) in [7, 11) is 0. The van der Waals surface area contributed by atoms with Gasteiger partial charge in [0, 0.05) is 6.54 Å². The minimum absolute atomic E-state index is 0.0543. The minimum atomic E-state index is -0.0543. The van der Waals surface area contributed by atoms with Crippen molar-refractivity contribution in [2.24, 2.45) is 5.92 Å². The van der Waals surface area contributed by atoms with Gasteiger partial charge in [0.25, 0.3) is 0 Å². The molecule has 0 saturated carbocycles. The molecule has 2 aromatic rings. The summed E-state index contributed by atoms with van der Waals surface area (Å²) in [4.78, 5) is 14.8. The summed E-state index contributed by atoms with van der Waals surface area (Å²) in [5.74, 6) is 0.864. The summed E-state index contributed by atoms with van der Waals surface area (Å²) in [6.45, 7) is 4.65. The first-order valence-electron chi connectivity index (χ1n) is 9.32. The van der Waals surface area contributed by atoms with Crippen LogP contribution in [0.25, 0.3) is 0 Å². The molecule has 0 spiro atoms. The van der Waals surface area contributed by atoms with Gasteiger partial charge >= 0.3 is 0 Å². The fourth-order valence-electron chi connectivity index (χ4n) is 3.59. The third-order valence-corrected chi connectivity index (χ3v) is 5.25. The molecule has 3 rings (SSSR count). The highest BCUT2D eigenvalue weighted by Crippen LogP contribution is 2.23. The molecular weight excluding hydrogens is 308 g/mol. The number of hydrogen-bond donors (Lipinski definition) is 1. The Balaban J connectivity index is 1.43. The van der Waals surface area contributed by atoms with E-state index in [9.17, 15) is 4.79 Å². The number of nitrogens with one attached hydrogen (secondary N) is 1. The molecule has 0 aliphatic carbocycles. The van der Waals surface area contributed by atoms with Crippen LogP contribution in [0.5, 0.6) is 0 Å². The first-order valence-corrected chi connectivity index (χ1v) is 9.32. The van der Waals surface area contributed by atoms with Crippen molar-refractivity contribution in [1.82, 2.24) is 10.2 Å². The largest absolute Gasteiger partial charge is 0.351 e. The van der Waals surface area contributed by atoms with Crippen LogP contribution >= 0.6 is 0 Å². The van der Waals surface area contributed by atoms with E-state index in [0.717, 1.165) is 31.0 Å². The molecule has 1 aliphatic heterocycles. The SMILES string of the molecule is C[C@H](C(=O)NCc1ccccc1)N1CCC(Cc2ccccc2)CC1. The van der Waals surface area contributed by atoms with Gasteiger partial charge in [-0.15, -0.1) is 0 Å². The van der Waals surface area contributed by atoms with Crippen LogP contribution in [0.3, 0.4) is 0 Å². The highest BCUT2D eigenvalue weighted by molar-refractivity contribution is 5.81. The van der Waals surface area contributed by atoms with E-state index in [-0.39, 0.29) is 11.9 Å². The van der Waals surface area contributed by atoms with Gasteiger partial charge in [-0.05, 0) is 56.3 Å². The smallest absolute Gasteiger partial charge is 0.237 e. The van der Waals surface area contributed by atoms with Crippen LogP contribution in [0.2, 0.25) is 0 Å². The standard InChI is InChI=1S/C22H28N2O/c1-18(22(25)23-17-21-10-6-3-7-11-21)24-14-12-20(13-15-24)16-19-8-4-2-5-9-19/h2-11,18,20H,12-17H2,1H3,(H,23,25)/t18-/m1/s1. The molecule has 1 heterocycles. The maximum absolute atomic E-state index is 12.4. The number of hydrogen-bond acceptors (Lipinski definition) is 2. The molecule has 132 valence electrons. The Morgan fingerprint density at radius 3 is 2.16 bits per heavy atom. The fraction of sp³-hybridized carbons (Fsp3) is 0.409. The van der Waals surface area contributed by atoms with Gasteiger partial charge in [0.1, 0.15) is 0 Å². The molecule has 3 heteroatoms. The third kappa shape index (κ3) is 5.17. The summed E-state index contributed by atoms with van der Waals surface area (Å²) in [6.07, 6.45) is 3.50. The summed E-state index contributed by atoms with van der Waals surface area (Å²) >= 11 is 0. The lowest BCUT2D eigenvalue weighted by molar-refractivity contribution is -0.126. The van der Waals surface area contributed by atoms with Gasteiger partial charge in [0.05, 0.1) is 6.04 Å². The zero-order chi connectivity index (χ0) is 17.5. The molecule has 0 unspecified atom stereocenters. The normalized spacial score (nSPS) is 17.2. The Hall–Kier alpha value is -2.13. The average molecular weight is 336 g/mol. The van der Waals surface area contributed by atoms with Gasteiger partial charge in [0.2, 0.25) is 5.91 Å². The first kappa shape index (κ1) is 17.7. The number of benzene rings is 2. The van der Waals surface area contributed by atoms with Crippen molar-refractivity contribution in [3.05, 3.63) is 71.8 Å². The summed E-state index contributed by atoms with van der Waals surface area (Å²) in [5, 5.41) is 3.07. The van der Waals surface area contributed by atoms with E-state index in [1.807, 2.05) is 37.3 Å². The molecule has 1 fully saturated rings. The topological polar surface area (TPSA) is 32.3 Å². The number of nitrogens with zero attached hydrogens (tertiary/aromatic N) is 1. The first-order chi connectivity index (χ1) is 12.2. The Morgan fingerprint density at radius 2 is 1.56 bits per heavy atom. The number of piperidine rings is 1. The predicted molar refractivity (Wildman–Crippen MR) is 102 cm³/mol. The quantitative estimate of drug-likeness (QED) is 0.873. The van der Waals surface area contributed by atoms with Crippen LogP contribution in [0.1, 0.15) is 30.9 Å². The van der Waals surface area contributed by atoms with Gasteiger partial charge in [-0.2, -0.15) is 0 Å². The maximum atomic E-state index is 12.4. The van der Waals surface area contributed by atoms with Crippen molar-refractivity contribution >= 4 is 5.91 Å². The van der Waals surface area contributed by atoms with Crippen molar-refractivity contribution in [3.8, 4) is 0 Å². The highest BCUT2D eigenvalue weighted by atomic mass is 16.2. The van der Waals surface area contributed by atoms with Crippen molar-refractivity contribution in [2.45, 2.75) is 38.8 Å². The molecule has 0 radical (unpaired) electrons. The molecule has 2 aromatic carbocycles. The van der Waals surface area contributed by atoms with Gasteiger partial charge in [0.15, 0.2) is 0 Å². The molecule has 1 atom stereocenters. The van der Waals surface area contributed by atoms with Crippen molar-refractivity contribution < 1.29 is 4.79 Å². The van der Waals surface area contributed by atoms with Crippen LogP contribution < -0.4 is 5.32 Å². The van der Waals surface area contributed by atoms with Gasteiger partial charge in [-0.3, -0.25) is 9.69 Å². The van der Waals surface area contributed by atoms with E-state index in [1.165, 1.54) is 18.4 Å². The van der Waals surface area contributed by atoms with E-state index >= 15 is 0 Å². The predicted octanol–water partition coefficient (Wildman–Crippen LogP) is 3.65. The second kappa shape index (κ2) is 8.82. The van der Waals surface area contributed by atoms with Gasteiger partial charge in [-0.25, -0.2) is 0 Å². The van der Waals surface area contributed by atoms with Crippen molar-refractivity contribution in [1.29, 1.82) is 0 Å². The molecule has 1 amide bonds. The fourth-order valence-corrected chi connectivity index (χ4v) is 3.59. The highest BCUT2D eigenvalue weighted by Gasteiger charge is 2.26. The second-order valence-electron chi connectivity index (χ2n) is 7.05. The number of carbonyl (C=O) groups excluding carboxylic acids is 1. The van der Waals surface area contributed by atoms with Gasteiger partial charge < -0.3 is 5.32 Å². The second-order valence-corrected chi connectivity index (χ2v) is 7.05. The zero-order valence-corrected chi connectivity index (χ0v) is 15.0. The van der Waals surface area contributed by atoms with E-state index in [4.69, 9.17) is 0 Å². The molecular formula is C22H28N2O. The number of likely N-dealkylation sites (tertiary alicyclic amines) is 1. The molecule has 0 bridgehead atoms. The van der Waals surface area contributed by atoms with Gasteiger partial charge in [-0.1, -0.05) is 60.7 Å². The Morgan fingerprint density at radius 1 is 1.00 bits per heavy atom. The van der Waals surface area contributed by atoms with Crippen LogP contribution in [0.15, 0.2) is 60.7 Å². The maximum Gasteiger partial charge on any atom is 0.237 e. The van der Waals surface area contributed by atoms with Crippen LogP contribution in [0.4, 0.5) is 0 Å². The van der Waals surface area contributed by atoms with E-state index < -0.39 is 0 Å². The van der Waals surface area contributed by atoms with Crippen LogP contribution in [-0.2, 0) is 17.8 Å². The molecule has 1 N–H and O–H groups in total. The molecule has 25 heavy (non-hydrogen) atoms. The Bertz CT molecular complexity index is 648. The lowest BCUT2D eigenvalue weighted by atomic mass is 9.89. The summed E-state index contributed by atoms with van der Waals surface area (Å²) in [5.41, 5.74) is 2.57. The lowest BCUT2D eigenvalue weighted by Gasteiger charge is -2.35. The third-order valence-electron chi connectivity index (χ3n) is 5.25. The van der Waals surface area contributed by atoms with E-state index in [1.54, 1.807) is 0 Å². The monoisotopic (exact) mass is 336 g/mol. The Kier molecular flexibility index (Phi) is 6.24. The average Bonchev–Trinajstić information content (AvgIpc) is 2.68. The molecule has 3 nitrogen and oxygen atoms in total. The summed E-state index contributed by atoms with van der Waals surface area (Å²) < 4.78 is 0.